The molecule has 0 radical (unpaired) electrons. The fourth-order valence-electron chi connectivity index (χ4n) is 4.15. The van der Waals surface area contributed by atoms with E-state index in [0.717, 1.165) is 13.0 Å². The maximum atomic E-state index is 10.9. The van der Waals surface area contributed by atoms with Crippen LogP contribution in [0.1, 0.15) is 96.8 Å². The zero-order valence-electron chi connectivity index (χ0n) is 27.8. The van der Waals surface area contributed by atoms with Crippen LogP contribution in [0.5, 0.6) is 0 Å². The van der Waals surface area contributed by atoms with Gasteiger partial charge in [0.25, 0.3) is 0 Å². The summed E-state index contributed by atoms with van der Waals surface area (Å²) in [6, 6.07) is 0. The van der Waals surface area contributed by atoms with Gasteiger partial charge in [0.1, 0.15) is 6.61 Å². The molecule has 0 aliphatic heterocycles. The fourth-order valence-corrected chi connectivity index (χ4v) is 4.15. The van der Waals surface area contributed by atoms with Crippen molar-refractivity contribution in [2.75, 3.05) is 113 Å². The van der Waals surface area contributed by atoms with E-state index < -0.39 is 5.97 Å². The van der Waals surface area contributed by atoms with Crippen molar-refractivity contribution in [2.24, 2.45) is 0 Å². The number of hydrogen-bond acceptors (Lipinski definition) is 10. The van der Waals surface area contributed by atoms with Crippen molar-refractivity contribution in [3.8, 4) is 0 Å². The van der Waals surface area contributed by atoms with Gasteiger partial charge in [0.05, 0.1) is 99.6 Å². The molecule has 0 N–H and O–H groups in total. The fraction of sp³-hybridized carbons (Fsp3) is 0.970. The van der Waals surface area contributed by atoms with Crippen LogP contribution in [0, 0.1) is 0 Å². The Hall–Kier alpha value is -0.850. The van der Waals surface area contributed by atoms with E-state index in [1.54, 1.807) is 0 Å². The Bertz CT molecular complexity index is 524. The highest BCUT2D eigenvalue weighted by Crippen LogP contribution is 2.12. The van der Waals surface area contributed by atoms with Crippen molar-refractivity contribution in [1.82, 2.24) is 0 Å². The first-order chi connectivity index (χ1) is 21.3. The topological polar surface area (TPSA) is 100 Å². The molecule has 0 unspecified atom stereocenters. The second-order valence-corrected chi connectivity index (χ2v) is 10.5. The zero-order valence-corrected chi connectivity index (χ0v) is 27.8. The summed E-state index contributed by atoms with van der Waals surface area (Å²) in [4.78, 5) is 10.9. The minimum absolute atomic E-state index is 0.0603. The molecule has 10 nitrogen and oxygen atoms in total. The molecule has 0 aliphatic rings. The van der Waals surface area contributed by atoms with Crippen LogP contribution < -0.4 is 0 Å². The molecule has 258 valence electrons. The van der Waals surface area contributed by atoms with E-state index in [9.17, 15) is 4.79 Å². The van der Waals surface area contributed by atoms with Gasteiger partial charge in [-0.2, -0.15) is 0 Å². The number of carbonyl (C=O) groups excluding carboxylic acids is 1. The summed E-state index contributed by atoms with van der Waals surface area (Å²) in [6.45, 7) is 10.2. The quantitative estimate of drug-likeness (QED) is 0.0623. The lowest BCUT2D eigenvalue weighted by Crippen LogP contribution is -2.16. The molecule has 0 aliphatic carbocycles. The Morgan fingerprint density at radius 2 is 0.605 bits per heavy atom. The molecule has 0 aromatic carbocycles. The molecule has 0 atom stereocenters. The third-order valence-electron chi connectivity index (χ3n) is 6.69. The van der Waals surface area contributed by atoms with E-state index in [1.165, 1.54) is 90.6 Å². The first-order valence-corrected chi connectivity index (χ1v) is 17.0. The monoisotopic (exact) mass is 622 g/mol. The number of hydrogen-bond donors (Lipinski definition) is 0. The van der Waals surface area contributed by atoms with E-state index in [-0.39, 0.29) is 6.61 Å². The van der Waals surface area contributed by atoms with E-state index >= 15 is 0 Å². The molecule has 0 bridgehead atoms. The van der Waals surface area contributed by atoms with Crippen molar-refractivity contribution in [2.45, 2.75) is 96.8 Å². The summed E-state index contributed by atoms with van der Waals surface area (Å²) in [5, 5.41) is 0. The molecular weight excluding hydrogens is 556 g/mol. The SMILES string of the molecule is CCCCCCCCCCCCCCCCOCCOCCOCCOCCOCCOCCOCCOCC(=O)OC. The first kappa shape index (κ1) is 42.1. The molecular formula is C33H66O10. The van der Waals surface area contributed by atoms with E-state index in [1.807, 2.05) is 0 Å². The maximum absolute atomic E-state index is 10.9. The van der Waals surface area contributed by atoms with Gasteiger partial charge in [-0.25, -0.2) is 4.79 Å². The van der Waals surface area contributed by atoms with Crippen LogP contribution in [0.4, 0.5) is 0 Å². The van der Waals surface area contributed by atoms with Gasteiger partial charge in [-0.05, 0) is 6.42 Å². The predicted molar refractivity (Wildman–Crippen MR) is 169 cm³/mol. The lowest BCUT2D eigenvalue weighted by Gasteiger charge is -2.08. The molecule has 0 amide bonds. The molecule has 0 aromatic heterocycles. The van der Waals surface area contributed by atoms with Gasteiger partial charge in [-0.3, -0.25) is 0 Å². The second kappa shape index (κ2) is 39.2. The molecule has 0 fully saturated rings. The van der Waals surface area contributed by atoms with Gasteiger partial charge < -0.3 is 42.6 Å². The van der Waals surface area contributed by atoms with Gasteiger partial charge in [0.15, 0.2) is 0 Å². The van der Waals surface area contributed by atoms with Gasteiger partial charge in [-0.15, -0.1) is 0 Å². The third-order valence-corrected chi connectivity index (χ3v) is 6.69. The molecule has 0 spiro atoms. The van der Waals surface area contributed by atoms with Crippen LogP contribution in [0.15, 0.2) is 0 Å². The summed E-state index contributed by atoms with van der Waals surface area (Å²) in [5.41, 5.74) is 0. The predicted octanol–water partition coefficient (Wildman–Crippen LogP) is 5.77. The van der Waals surface area contributed by atoms with Crippen molar-refractivity contribution >= 4 is 5.97 Å². The third kappa shape index (κ3) is 39.1. The summed E-state index contributed by atoms with van der Waals surface area (Å²) in [6.07, 6.45) is 19.2. The first-order valence-electron chi connectivity index (χ1n) is 17.0. The number of rotatable bonds is 38. The number of esters is 1. The van der Waals surface area contributed by atoms with E-state index in [2.05, 4.69) is 11.7 Å². The van der Waals surface area contributed by atoms with Gasteiger partial charge in [0, 0.05) is 6.61 Å². The summed E-state index contributed by atoms with van der Waals surface area (Å²) < 4.78 is 47.9. The Kier molecular flexibility index (Phi) is 38.4. The highest BCUT2D eigenvalue weighted by Gasteiger charge is 1.99. The summed E-state index contributed by atoms with van der Waals surface area (Å²) in [7, 11) is 1.32. The molecule has 0 aromatic rings. The van der Waals surface area contributed by atoms with E-state index in [0.29, 0.717) is 92.5 Å². The molecule has 0 saturated carbocycles. The van der Waals surface area contributed by atoms with Crippen molar-refractivity contribution in [3.63, 3.8) is 0 Å². The number of ether oxygens (including phenoxy) is 9. The zero-order chi connectivity index (χ0) is 31.2. The van der Waals surface area contributed by atoms with Crippen LogP contribution in [0.3, 0.4) is 0 Å². The molecule has 0 heterocycles. The summed E-state index contributed by atoms with van der Waals surface area (Å²) in [5.74, 6) is -0.398. The van der Waals surface area contributed by atoms with Crippen LogP contribution in [0.25, 0.3) is 0 Å². The standard InChI is InChI=1S/C33H66O10/c1-3-4-5-6-7-8-9-10-11-12-13-14-15-16-17-36-18-19-37-20-21-38-22-23-39-24-25-40-26-27-41-28-29-42-30-31-43-32-33(34)35-2/h3-32H2,1-2H3. The van der Waals surface area contributed by atoms with Gasteiger partial charge in [-0.1, -0.05) is 90.4 Å². The average molecular weight is 623 g/mol. The van der Waals surface area contributed by atoms with Crippen LogP contribution in [-0.4, -0.2) is 119 Å². The lowest BCUT2D eigenvalue weighted by atomic mass is 10.0. The Balaban J connectivity index is 3.04. The maximum Gasteiger partial charge on any atom is 0.331 e. The average Bonchev–Trinajstić information content (AvgIpc) is 3.02. The Labute approximate surface area is 263 Å². The Morgan fingerprint density at radius 1 is 0.349 bits per heavy atom. The minimum atomic E-state index is -0.398. The largest absolute Gasteiger partial charge is 0.467 e. The minimum Gasteiger partial charge on any atom is -0.467 e. The molecule has 43 heavy (non-hydrogen) atoms. The number of carbonyl (C=O) groups is 1. The normalized spacial score (nSPS) is 11.4. The molecule has 10 heteroatoms. The van der Waals surface area contributed by atoms with Crippen molar-refractivity contribution in [1.29, 1.82) is 0 Å². The summed E-state index contributed by atoms with van der Waals surface area (Å²) >= 11 is 0. The molecule has 0 rings (SSSR count). The van der Waals surface area contributed by atoms with Crippen LogP contribution in [0.2, 0.25) is 0 Å². The highest BCUT2D eigenvalue weighted by molar-refractivity contribution is 5.70. The highest BCUT2D eigenvalue weighted by atomic mass is 16.6. The van der Waals surface area contributed by atoms with Crippen LogP contribution >= 0.6 is 0 Å². The molecule has 0 saturated heterocycles. The van der Waals surface area contributed by atoms with E-state index in [4.69, 9.17) is 37.9 Å². The number of unbranched alkanes of at least 4 members (excludes halogenated alkanes) is 13. The van der Waals surface area contributed by atoms with Gasteiger partial charge in [0.2, 0.25) is 0 Å². The van der Waals surface area contributed by atoms with Crippen molar-refractivity contribution < 1.29 is 47.4 Å². The van der Waals surface area contributed by atoms with Crippen LogP contribution in [-0.2, 0) is 47.4 Å². The Morgan fingerprint density at radius 3 is 0.907 bits per heavy atom. The lowest BCUT2D eigenvalue weighted by molar-refractivity contribution is -0.146. The van der Waals surface area contributed by atoms with Gasteiger partial charge >= 0.3 is 5.97 Å². The number of methoxy groups -OCH3 is 1. The van der Waals surface area contributed by atoms with Crippen molar-refractivity contribution in [3.05, 3.63) is 0 Å². The second-order valence-electron chi connectivity index (χ2n) is 10.5. The smallest absolute Gasteiger partial charge is 0.331 e.